The minimum Gasteiger partial charge on any atom is -0.353 e. The van der Waals surface area contributed by atoms with E-state index >= 15 is 0 Å². The first kappa shape index (κ1) is 17.5. The van der Waals surface area contributed by atoms with E-state index in [0.717, 1.165) is 61.1 Å². The number of aryl methyl sites for hydroxylation is 2. The van der Waals surface area contributed by atoms with Crippen LogP contribution in [-0.2, 0) is 6.54 Å². The van der Waals surface area contributed by atoms with E-state index in [9.17, 15) is 4.79 Å². The largest absolute Gasteiger partial charge is 0.353 e. The lowest BCUT2D eigenvalue weighted by atomic mass is 10.2. The molecular weight excluding hydrogens is 314 g/mol. The van der Waals surface area contributed by atoms with Gasteiger partial charge in [-0.05, 0) is 52.3 Å². The van der Waals surface area contributed by atoms with Gasteiger partial charge in [0.1, 0.15) is 0 Å². The minimum absolute atomic E-state index is 0.143. The Kier molecular flexibility index (Phi) is 5.06. The molecule has 0 aliphatic carbocycles. The molecule has 0 N–H and O–H groups in total. The summed E-state index contributed by atoms with van der Waals surface area (Å²) in [6.45, 7) is 12.2. The summed E-state index contributed by atoms with van der Waals surface area (Å²) in [4.78, 5) is 17.2. The second-order valence-corrected chi connectivity index (χ2v) is 6.69. The molecule has 6 nitrogen and oxygen atoms in total. The number of hydrogen-bond acceptors (Lipinski definition) is 4. The summed E-state index contributed by atoms with van der Waals surface area (Å²) < 4.78 is 2.19. The van der Waals surface area contributed by atoms with E-state index in [4.69, 9.17) is 0 Å². The third-order valence-corrected chi connectivity index (χ3v) is 5.01. The van der Waals surface area contributed by atoms with E-state index in [1.807, 2.05) is 36.9 Å². The Bertz CT molecular complexity index is 750. The third-order valence-electron chi connectivity index (χ3n) is 5.01. The second kappa shape index (κ2) is 7.25. The lowest BCUT2D eigenvalue weighted by Gasteiger charge is -2.22. The van der Waals surface area contributed by atoms with Gasteiger partial charge >= 0.3 is 0 Å². The fraction of sp³-hybridized carbons (Fsp3) is 0.526. The molecule has 2 aromatic heterocycles. The smallest absolute Gasteiger partial charge is 0.255 e. The fourth-order valence-electron chi connectivity index (χ4n) is 3.58. The molecule has 134 valence electrons. The van der Waals surface area contributed by atoms with Gasteiger partial charge in [-0.1, -0.05) is 0 Å². The van der Waals surface area contributed by atoms with Gasteiger partial charge < -0.3 is 14.4 Å². The molecule has 1 aliphatic heterocycles. The molecule has 3 rings (SSSR count). The van der Waals surface area contributed by atoms with Crippen molar-refractivity contribution in [1.82, 2.24) is 19.7 Å². The first-order valence-electron chi connectivity index (χ1n) is 9.02. The van der Waals surface area contributed by atoms with Crippen LogP contribution in [0.25, 0.3) is 0 Å². The highest BCUT2D eigenvalue weighted by atomic mass is 16.2. The zero-order chi connectivity index (χ0) is 18.0. The molecule has 0 saturated carbocycles. The summed E-state index contributed by atoms with van der Waals surface area (Å²) >= 11 is 0. The van der Waals surface area contributed by atoms with Crippen LogP contribution in [0.5, 0.6) is 0 Å². The molecule has 25 heavy (non-hydrogen) atoms. The molecular formula is C19H27N5O. The van der Waals surface area contributed by atoms with Gasteiger partial charge in [0.25, 0.3) is 5.91 Å². The Hall–Kier alpha value is -2.37. The lowest BCUT2D eigenvalue weighted by Crippen LogP contribution is -2.35. The number of amides is 1. The molecule has 6 heteroatoms. The van der Waals surface area contributed by atoms with Crippen LogP contribution >= 0.6 is 0 Å². The van der Waals surface area contributed by atoms with Crippen molar-refractivity contribution >= 4 is 11.7 Å². The molecule has 0 atom stereocenters. The van der Waals surface area contributed by atoms with Crippen molar-refractivity contribution in [2.24, 2.45) is 0 Å². The zero-order valence-corrected chi connectivity index (χ0v) is 15.6. The number of nitrogens with zero attached hydrogens (tertiary/aromatic N) is 5. The van der Waals surface area contributed by atoms with Gasteiger partial charge in [-0.3, -0.25) is 4.79 Å². The van der Waals surface area contributed by atoms with Gasteiger partial charge in [-0.2, -0.15) is 5.10 Å². The number of rotatable bonds is 3. The molecule has 2 aromatic rings. The van der Waals surface area contributed by atoms with Crippen LogP contribution < -0.4 is 4.90 Å². The van der Waals surface area contributed by atoms with Crippen molar-refractivity contribution in [3.63, 3.8) is 0 Å². The number of aromatic nitrogens is 3. The lowest BCUT2D eigenvalue weighted by molar-refractivity contribution is 0.0766. The Morgan fingerprint density at radius 2 is 1.88 bits per heavy atom. The van der Waals surface area contributed by atoms with Gasteiger partial charge in [0.05, 0.1) is 11.3 Å². The van der Waals surface area contributed by atoms with E-state index in [-0.39, 0.29) is 5.91 Å². The Morgan fingerprint density at radius 3 is 2.52 bits per heavy atom. The molecule has 1 fully saturated rings. The average Bonchev–Trinajstić information content (AvgIpc) is 2.78. The van der Waals surface area contributed by atoms with E-state index in [2.05, 4.69) is 33.5 Å². The van der Waals surface area contributed by atoms with Crippen LogP contribution in [0.1, 0.15) is 40.8 Å². The van der Waals surface area contributed by atoms with Crippen LogP contribution in [0.2, 0.25) is 0 Å². The standard InChI is InChI=1S/C19H27N5O/c1-5-24-15(3)13-17(16(24)4)19(25)23-10-6-9-22(11-12-23)18-8-7-14(2)20-21-18/h7-8,13H,5-6,9-12H2,1-4H3. The Morgan fingerprint density at radius 1 is 1.08 bits per heavy atom. The molecule has 0 radical (unpaired) electrons. The van der Waals surface area contributed by atoms with Gasteiger partial charge in [-0.25, -0.2) is 0 Å². The number of carbonyl (C=O) groups excluding carboxylic acids is 1. The van der Waals surface area contributed by atoms with E-state index in [0.29, 0.717) is 6.54 Å². The van der Waals surface area contributed by atoms with Crippen molar-refractivity contribution in [1.29, 1.82) is 0 Å². The van der Waals surface area contributed by atoms with Crippen LogP contribution in [-0.4, -0.2) is 51.8 Å². The molecule has 0 aromatic carbocycles. The minimum atomic E-state index is 0.143. The highest BCUT2D eigenvalue weighted by molar-refractivity contribution is 5.95. The first-order chi connectivity index (χ1) is 12.0. The van der Waals surface area contributed by atoms with E-state index < -0.39 is 0 Å². The van der Waals surface area contributed by atoms with Crippen molar-refractivity contribution in [2.45, 2.75) is 40.7 Å². The fourth-order valence-corrected chi connectivity index (χ4v) is 3.58. The molecule has 1 amide bonds. The summed E-state index contributed by atoms with van der Waals surface area (Å²) in [5, 5.41) is 8.43. The predicted molar refractivity (Wildman–Crippen MR) is 99.1 cm³/mol. The Labute approximate surface area is 149 Å². The van der Waals surface area contributed by atoms with Crippen molar-refractivity contribution < 1.29 is 4.79 Å². The van der Waals surface area contributed by atoms with Gasteiger partial charge in [-0.15, -0.1) is 5.10 Å². The number of anilines is 1. The van der Waals surface area contributed by atoms with E-state index in [1.54, 1.807) is 0 Å². The van der Waals surface area contributed by atoms with Crippen LogP contribution in [0.4, 0.5) is 5.82 Å². The third kappa shape index (κ3) is 3.52. The summed E-state index contributed by atoms with van der Waals surface area (Å²) in [6, 6.07) is 6.01. The normalized spacial score (nSPS) is 15.4. The molecule has 0 bridgehead atoms. The molecule has 3 heterocycles. The van der Waals surface area contributed by atoms with Crippen molar-refractivity contribution in [3.05, 3.63) is 40.8 Å². The van der Waals surface area contributed by atoms with Gasteiger partial charge in [0, 0.05) is 44.1 Å². The highest BCUT2D eigenvalue weighted by Gasteiger charge is 2.24. The quantitative estimate of drug-likeness (QED) is 0.861. The summed E-state index contributed by atoms with van der Waals surface area (Å²) in [7, 11) is 0. The second-order valence-electron chi connectivity index (χ2n) is 6.69. The maximum Gasteiger partial charge on any atom is 0.255 e. The summed E-state index contributed by atoms with van der Waals surface area (Å²) in [5.74, 6) is 1.04. The number of hydrogen-bond donors (Lipinski definition) is 0. The molecule has 1 aliphatic rings. The van der Waals surface area contributed by atoms with Gasteiger partial charge in [0.15, 0.2) is 5.82 Å². The molecule has 0 unspecified atom stereocenters. The molecule has 1 saturated heterocycles. The van der Waals surface area contributed by atoms with Crippen LogP contribution in [0.3, 0.4) is 0 Å². The predicted octanol–water partition coefficient (Wildman–Crippen LogP) is 2.58. The highest BCUT2D eigenvalue weighted by Crippen LogP contribution is 2.19. The molecule has 0 spiro atoms. The monoisotopic (exact) mass is 341 g/mol. The maximum atomic E-state index is 13.0. The van der Waals surface area contributed by atoms with Crippen molar-refractivity contribution in [3.8, 4) is 0 Å². The Balaban J connectivity index is 1.72. The van der Waals surface area contributed by atoms with Crippen LogP contribution in [0.15, 0.2) is 18.2 Å². The number of carbonyl (C=O) groups is 1. The van der Waals surface area contributed by atoms with Crippen molar-refractivity contribution in [2.75, 3.05) is 31.1 Å². The van der Waals surface area contributed by atoms with Gasteiger partial charge in [0.2, 0.25) is 0 Å². The summed E-state index contributed by atoms with van der Waals surface area (Å²) in [6.07, 6.45) is 0.938. The van der Waals surface area contributed by atoms with E-state index in [1.165, 1.54) is 0 Å². The average molecular weight is 341 g/mol. The SMILES string of the molecule is CCn1c(C)cc(C(=O)N2CCCN(c3ccc(C)nn3)CC2)c1C. The maximum absolute atomic E-state index is 13.0. The summed E-state index contributed by atoms with van der Waals surface area (Å²) in [5.41, 5.74) is 3.97. The first-order valence-corrected chi connectivity index (χ1v) is 9.02. The topological polar surface area (TPSA) is 54.3 Å². The zero-order valence-electron chi connectivity index (χ0n) is 15.6. The van der Waals surface area contributed by atoms with Crippen LogP contribution in [0, 0.1) is 20.8 Å².